The average Bonchev–Trinajstić information content (AvgIpc) is 3.42. The van der Waals surface area contributed by atoms with Gasteiger partial charge in [-0.15, -0.1) is 0 Å². The highest BCUT2D eigenvalue weighted by molar-refractivity contribution is 7.47. The molecule has 0 bridgehead atoms. The molecule has 0 heterocycles. The van der Waals surface area contributed by atoms with Crippen molar-refractivity contribution in [1.29, 1.82) is 0 Å². The molecule has 0 radical (unpaired) electrons. The molecule has 0 aliphatic carbocycles. The van der Waals surface area contributed by atoms with E-state index in [4.69, 9.17) is 24.3 Å². The predicted octanol–water partition coefficient (Wildman–Crippen LogP) is 18.6. The van der Waals surface area contributed by atoms with Crippen molar-refractivity contribution < 1.29 is 37.6 Å². The summed E-state index contributed by atoms with van der Waals surface area (Å²) in [5.41, 5.74) is 5.37. The summed E-state index contributed by atoms with van der Waals surface area (Å²) >= 11 is 0. The van der Waals surface area contributed by atoms with Gasteiger partial charge in [0.2, 0.25) is 0 Å². The lowest BCUT2D eigenvalue weighted by molar-refractivity contribution is -0.161. The molecule has 9 nitrogen and oxygen atoms in total. The van der Waals surface area contributed by atoms with Crippen LogP contribution in [0.2, 0.25) is 0 Å². The van der Waals surface area contributed by atoms with Crippen molar-refractivity contribution in [1.82, 2.24) is 0 Å². The summed E-state index contributed by atoms with van der Waals surface area (Å²) in [6, 6.07) is 0. The van der Waals surface area contributed by atoms with Gasteiger partial charge in [0.25, 0.3) is 0 Å². The second-order valence-electron chi connectivity index (χ2n) is 18.0. The van der Waals surface area contributed by atoms with Crippen LogP contribution in [0.5, 0.6) is 0 Å². The Labute approximate surface area is 468 Å². The minimum Gasteiger partial charge on any atom is -0.462 e. The number of carbonyl (C=O) groups excluding carboxylic acids is 2. The first-order valence-corrected chi connectivity index (χ1v) is 30.4. The summed E-state index contributed by atoms with van der Waals surface area (Å²) in [6.45, 7) is 3.39. The molecule has 0 amide bonds. The number of unbranched alkanes of at least 4 members (excludes halogenated alkanes) is 6. The molecule has 0 aromatic carbocycles. The van der Waals surface area contributed by atoms with Crippen LogP contribution in [0.15, 0.2) is 194 Å². The highest BCUT2D eigenvalue weighted by Gasteiger charge is 2.26. The van der Waals surface area contributed by atoms with Gasteiger partial charge in [0.1, 0.15) is 6.61 Å². The fourth-order valence-electron chi connectivity index (χ4n) is 6.78. The van der Waals surface area contributed by atoms with E-state index in [2.05, 4.69) is 208 Å². The van der Waals surface area contributed by atoms with Gasteiger partial charge in [0, 0.05) is 19.4 Å². The van der Waals surface area contributed by atoms with Crippen molar-refractivity contribution in [3.8, 4) is 0 Å². The Morgan fingerprint density at radius 3 is 0.974 bits per heavy atom. The topological polar surface area (TPSA) is 134 Å². The summed E-state index contributed by atoms with van der Waals surface area (Å²) < 4.78 is 32.9. The van der Waals surface area contributed by atoms with E-state index in [0.717, 1.165) is 141 Å². The maximum Gasteiger partial charge on any atom is 0.472 e. The third kappa shape index (κ3) is 59.9. The van der Waals surface area contributed by atoms with Crippen molar-refractivity contribution in [2.45, 2.75) is 187 Å². The standard InChI is InChI=1S/C67H102NO8P/c1-3-5-7-9-11-13-15-17-19-21-23-24-25-26-27-28-29-30-31-32-33-34-35-36-37-38-39-40-42-44-46-48-50-52-54-56-58-60-67(70)76-65(64-75-77(71,72)74-62-61-68)63-73-66(69)59-57-55-53-51-49-47-45-43-41-22-20-18-16-14-12-10-8-6-4-2/h5-8,11-14,17-20,23-24,26-27,29-30,32-33,35-36,38-39,41-44,47-50,65H,3-4,9-10,15-16,21-22,25,28,31,34,37,40,45-46,51-64,68H2,1-2H3,(H,71,72)/b7-5-,8-6-,13-11-,14-12-,19-17-,20-18-,24-23-,27-26-,30-29-,33-32-,36-35-,39-38-,43-41-,44-42-,49-47-,50-48-. The van der Waals surface area contributed by atoms with E-state index < -0.39 is 32.5 Å². The summed E-state index contributed by atoms with van der Waals surface area (Å²) in [4.78, 5) is 35.1. The quantitative estimate of drug-likeness (QED) is 0.0264. The summed E-state index contributed by atoms with van der Waals surface area (Å²) in [5, 5.41) is 0. The molecule has 0 saturated carbocycles. The van der Waals surface area contributed by atoms with E-state index in [9.17, 15) is 19.0 Å². The molecule has 0 rings (SSSR count). The molecule has 77 heavy (non-hydrogen) atoms. The molecule has 10 heteroatoms. The highest BCUT2D eigenvalue weighted by atomic mass is 31.2. The zero-order valence-corrected chi connectivity index (χ0v) is 48.5. The van der Waals surface area contributed by atoms with Crippen LogP contribution in [0.1, 0.15) is 181 Å². The van der Waals surface area contributed by atoms with Crippen LogP contribution in [0.25, 0.3) is 0 Å². The van der Waals surface area contributed by atoms with Gasteiger partial charge in [-0.2, -0.15) is 0 Å². The molecule has 0 spiro atoms. The lowest BCUT2D eigenvalue weighted by Gasteiger charge is -2.19. The normalized spacial score (nSPS) is 14.5. The Morgan fingerprint density at radius 1 is 0.390 bits per heavy atom. The van der Waals surface area contributed by atoms with E-state index >= 15 is 0 Å². The van der Waals surface area contributed by atoms with Gasteiger partial charge in [-0.1, -0.05) is 221 Å². The van der Waals surface area contributed by atoms with Crippen LogP contribution in [-0.2, 0) is 32.7 Å². The Kier molecular flexibility index (Phi) is 56.1. The van der Waals surface area contributed by atoms with Gasteiger partial charge in [0.15, 0.2) is 6.10 Å². The number of hydrogen-bond acceptors (Lipinski definition) is 8. The molecular weight excluding hydrogens is 978 g/mol. The predicted molar refractivity (Wildman–Crippen MR) is 329 cm³/mol. The van der Waals surface area contributed by atoms with Gasteiger partial charge in [-0.25, -0.2) is 4.57 Å². The van der Waals surface area contributed by atoms with Crippen molar-refractivity contribution in [3.63, 3.8) is 0 Å². The molecule has 428 valence electrons. The molecule has 0 aliphatic rings. The van der Waals surface area contributed by atoms with Crippen LogP contribution in [0, 0.1) is 0 Å². The van der Waals surface area contributed by atoms with Crippen molar-refractivity contribution >= 4 is 19.8 Å². The number of nitrogens with two attached hydrogens (primary N) is 1. The molecule has 0 saturated heterocycles. The van der Waals surface area contributed by atoms with E-state index in [1.54, 1.807) is 0 Å². The number of esters is 2. The largest absolute Gasteiger partial charge is 0.472 e. The lowest BCUT2D eigenvalue weighted by Crippen LogP contribution is -2.29. The third-order valence-corrected chi connectivity index (χ3v) is 12.0. The molecule has 2 atom stereocenters. The maximum atomic E-state index is 12.7. The van der Waals surface area contributed by atoms with Crippen LogP contribution >= 0.6 is 7.82 Å². The van der Waals surface area contributed by atoms with Crippen LogP contribution < -0.4 is 5.73 Å². The van der Waals surface area contributed by atoms with Crippen molar-refractivity contribution in [2.24, 2.45) is 5.73 Å². The second-order valence-corrected chi connectivity index (χ2v) is 19.5. The van der Waals surface area contributed by atoms with Gasteiger partial charge in [0.05, 0.1) is 13.2 Å². The van der Waals surface area contributed by atoms with Crippen molar-refractivity contribution in [3.05, 3.63) is 194 Å². The monoisotopic (exact) mass is 1080 g/mol. The molecule has 0 aromatic rings. The van der Waals surface area contributed by atoms with E-state index in [1.165, 1.54) is 0 Å². The van der Waals surface area contributed by atoms with E-state index in [1.807, 2.05) is 0 Å². The lowest BCUT2D eigenvalue weighted by atomic mass is 10.1. The Bertz CT molecular complexity index is 1950. The van der Waals surface area contributed by atoms with Crippen LogP contribution in [0.4, 0.5) is 0 Å². The number of carbonyl (C=O) groups is 2. The Morgan fingerprint density at radius 2 is 0.675 bits per heavy atom. The minimum atomic E-state index is -4.42. The molecule has 2 unspecified atom stereocenters. The van der Waals surface area contributed by atoms with Gasteiger partial charge in [-0.3, -0.25) is 18.6 Å². The molecule has 0 fully saturated rings. The Hall–Kier alpha value is -5.15. The fourth-order valence-corrected chi connectivity index (χ4v) is 7.55. The van der Waals surface area contributed by atoms with E-state index in [0.29, 0.717) is 12.8 Å². The van der Waals surface area contributed by atoms with Gasteiger partial charge >= 0.3 is 19.8 Å². The Balaban J connectivity index is 4.17. The first-order chi connectivity index (χ1) is 37.8. The fraction of sp³-hybridized carbons (Fsp3) is 0.493. The smallest absolute Gasteiger partial charge is 0.462 e. The number of ether oxygens (including phenoxy) is 2. The first-order valence-electron chi connectivity index (χ1n) is 28.9. The first kappa shape index (κ1) is 71.8. The number of rotatable bonds is 51. The summed E-state index contributed by atoms with van der Waals surface area (Å²) in [5.74, 6) is -0.924. The number of phosphoric acid groups is 1. The highest BCUT2D eigenvalue weighted by Crippen LogP contribution is 2.43. The third-order valence-electron chi connectivity index (χ3n) is 11.0. The number of hydrogen-bond donors (Lipinski definition) is 2. The molecular formula is C67H102NO8P. The molecule has 3 N–H and O–H groups in total. The minimum absolute atomic E-state index is 0.0310. The van der Waals surface area contributed by atoms with Crippen LogP contribution in [-0.4, -0.2) is 49.3 Å². The SMILES string of the molecule is CC/C=C\C/C=C\C/C=C\C/C=C\C/C=C\C/C=C\C/C=C\C/C=C\C/C=C\C/C=C\C/C=C\CCCCCC(=O)OC(COC(=O)CCCCC/C=C\C/C=C\C/C=C\C/C=C\C/C=C\CC)COP(=O)(O)OCCN. The zero-order chi connectivity index (χ0) is 55.9. The summed E-state index contributed by atoms with van der Waals surface area (Å²) in [7, 11) is -4.42. The second kappa shape index (κ2) is 60.1. The maximum absolute atomic E-state index is 12.7. The summed E-state index contributed by atoms with van der Waals surface area (Å²) in [6.07, 6.45) is 92.0. The van der Waals surface area contributed by atoms with E-state index in [-0.39, 0.29) is 32.6 Å². The molecule has 0 aliphatic heterocycles. The van der Waals surface area contributed by atoms with Crippen LogP contribution in [0.3, 0.4) is 0 Å². The number of allylic oxidation sites excluding steroid dienone is 32. The number of phosphoric ester groups is 1. The van der Waals surface area contributed by atoms with Crippen molar-refractivity contribution in [2.75, 3.05) is 26.4 Å². The van der Waals surface area contributed by atoms with Gasteiger partial charge < -0.3 is 20.1 Å². The van der Waals surface area contributed by atoms with Gasteiger partial charge in [-0.05, 0) is 141 Å². The average molecular weight is 1080 g/mol. The zero-order valence-electron chi connectivity index (χ0n) is 47.6. The molecule has 0 aromatic heterocycles.